The lowest BCUT2D eigenvalue weighted by Gasteiger charge is -2.33. The Morgan fingerprint density at radius 2 is 1.12 bits per heavy atom. The summed E-state index contributed by atoms with van der Waals surface area (Å²) in [7, 11) is 0. The van der Waals surface area contributed by atoms with Gasteiger partial charge in [-0.3, -0.25) is 9.59 Å². The summed E-state index contributed by atoms with van der Waals surface area (Å²) < 4.78 is 0. The molecule has 2 N–H and O–H groups in total. The summed E-state index contributed by atoms with van der Waals surface area (Å²) in [5, 5.41) is 6.01. The lowest BCUT2D eigenvalue weighted by Crippen LogP contribution is -2.28. The van der Waals surface area contributed by atoms with Crippen LogP contribution in [0.4, 0.5) is 0 Å². The molecule has 2 amide bonds. The zero-order valence-electron chi connectivity index (χ0n) is 33.4. The van der Waals surface area contributed by atoms with Crippen molar-refractivity contribution >= 4 is 11.8 Å². The fourth-order valence-electron chi connectivity index (χ4n) is 6.92. The highest BCUT2D eigenvalue weighted by molar-refractivity contribution is 5.89. The van der Waals surface area contributed by atoms with Crippen molar-refractivity contribution in [1.29, 1.82) is 0 Å². The fourth-order valence-corrected chi connectivity index (χ4v) is 6.92. The minimum absolute atomic E-state index is 0.0777. The van der Waals surface area contributed by atoms with E-state index in [1.54, 1.807) is 12.2 Å². The van der Waals surface area contributed by atoms with Gasteiger partial charge in [-0.2, -0.15) is 0 Å². The third-order valence-corrected chi connectivity index (χ3v) is 10.1. The van der Waals surface area contributed by atoms with Crippen LogP contribution in [0.2, 0.25) is 0 Å². The first kappa shape index (κ1) is 42.5. The average molecular weight is 681 g/mol. The van der Waals surface area contributed by atoms with Crippen molar-refractivity contribution in [3.63, 3.8) is 0 Å². The molecule has 4 nitrogen and oxygen atoms in total. The Kier molecular flexibility index (Phi) is 17.8. The second-order valence-corrected chi connectivity index (χ2v) is 16.1. The number of hydrogen-bond donors (Lipinski definition) is 2. The van der Waals surface area contributed by atoms with Gasteiger partial charge in [-0.05, 0) is 132 Å². The first-order valence-electron chi connectivity index (χ1n) is 18.9. The molecule has 0 aromatic carbocycles. The van der Waals surface area contributed by atoms with E-state index in [0.717, 1.165) is 24.0 Å². The van der Waals surface area contributed by atoms with Crippen LogP contribution in [0.3, 0.4) is 0 Å². The van der Waals surface area contributed by atoms with Gasteiger partial charge in [-0.15, -0.1) is 0 Å². The van der Waals surface area contributed by atoms with E-state index in [9.17, 15) is 9.59 Å². The molecule has 0 radical (unpaired) electrons. The molecule has 0 aromatic heterocycles. The zero-order chi connectivity index (χ0) is 37.3. The number of amides is 2. The van der Waals surface area contributed by atoms with Gasteiger partial charge in [0.1, 0.15) is 0 Å². The van der Waals surface area contributed by atoms with Crippen molar-refractivity contribution in [3.8, 4) is 0 Å². The maximum absolute atomic E-state index is 12.5. The summed E-state index contributed by atoms with van der Waals surface area (Å²) in [6, 6.07) is 0. The smallest absolute Gasteiger partial charge is 0.244 e. The molecule has 2 aliphatic carbocycles. The first-order chi connectivity index (χ1) is 23.5. The van der Waals surface area contributed by atoms with Gasteiger partial charge in [-0.25, -0.2) is 0 Å². The molecule has 50 heavy (non-hydrogen) atoms. The topological polar surface area (TPSA) is 58.2 Å². The molecule has 274 valence electrons. The molecule has 0 saturated carbocycles. The maximum Gasteiger partial charge on any atom is 0.244 e. The highest BCUT2D eigenvalue weighted by atomic mass is 16.2. The van der Waals surface area contributed by atoms with E-state index in [4.69, 9.17) is 0 Å². The van der Waals surface area contributed by atoms with Gasteiger partial charge in [0.15, 0.2) is 0 Å². The van der Waals surface area contributed by atoms with Gasteiger partial charge < -0.3 is 10.6 Å². The number of allylic oxidation sites excluding steroid dienone is 18. The van der Waals surface area contributed by atoms with Crippen LogP contribution >= 0.6 is 0 Å². The summed E-state index contributed by atoms with van der Waals surface area (Å²) >= 11 is 0. The second-order valence-electron chi connectivity index (χ2n) is 16.1. The van der Waals surface area contributed by atoms with E-state index in [1.165, 1.54) is 72.0 Å². The Labute approximate surface area is 306 Å². The summed E-state index contributed by atoms with van der Waals surface area (Å²) in [4.78, 5) is 24.9. The molecule has 0 fully saturated rings. The van der Waals surface area contributed by atoms with Crippen LogP contribution in [-0.4, -0.2) is 24.9 Å². The minimum Gasteiger partial charge on any atom is -0.353 e. The lowest BCUT2D eigenvalue weighted by molar-refractivity contribution is -0.117. The van der Waals surface area contributed by atoms with Gasteiger partial charge >= 0.3 is 0 Å². The molecular weight excluding hydrogens is 613 g/mol. The third kappa shape index (κ3) is 15.9. The Morgan fingerprint density at radius 3 is 1.56 bits per heavy atom. The quantitative estimate of drug-likeness (QED) is 0.0968. The standard InChI is InChI=1S/C46H68N2O2/c1-34(24-26-41-39(6)22-14-28-45(41,8)9)17-12-19-36(3)31-43(49)47-30-16-21-38(5)33-48-44(50)32-37(4)20-13-18-35(2)25-27-42-40(7)23-15-29-46(42,10)11/h12-13,17-20,24-27,31-32,38H,14-16,21-23,28-30,33H2,1-11H3,(H,47,49)(H,48,50)/b19-12+,20-13+,26-24+,27-25+,34-17+,35-18+,36-31+,37-32+. The SMILES string of the molecule is CC1=C(/C=C/C(C)=C/C=C/C(C)=C/C(=O)NCCCC(C)CNC(=O)/C=C(C)/C=C/C=C(C)/C=C/C2=C(C)CCCC2(C)C)C(C)(C)CCC1. The van der Waals surface area contributed by atoms with Crippen molar-refractivity contribution in [2.24, 2.45) is 16.7 Å². The summed E-state index contributed by atoms with van der Waals surface area (Å²) in [5.74, 6) is 0.162. The van der Waals surface area contributed by atoms with Crippen molar-refractivity contribution in [1.82, 2.24) is 10.6 Å². The predicted octanol–water partition coefficient (Wildman–Crippen LogP) is 11.7. The second kappa shape index (κ2) is 20.9. The van der Waals surface area contributed by atoms with Crippen molar-refractivity contribution in [2.75, 3.05) is 13.1 Å². The van der Waals surface area contributed by atoms with E-state index < -0.39 is 0 Å². The van der Waals surface area contributed by atoms with Crippen LogP contribution in [0.5, 0.6) is 0 Å². The Hall–Kier alpha value is -3.66. The van der Waals surface area contributed by atoms with Gasteiger partial charge in [0.05, 0.1) is 0 Å². The molecule has 2 rings (SSSR count). The van der Waals surface area contributed by atoms with E-state index in [1.807, 2.05) is 38.2 Å². The molecule has 4 heteroatoms. The largest absolute Gasteiger partial charge is 0.353 e. The van der Waals surface area contributed by atoms with Gasteiger partial charge in [-0.1, -0.05) is 118 Å². The predicted molar refractivity (Wildman–Crippen MR) is 217 cm³/mol. The maximum atomic E-state index is 12.5. The van der Waals surface area contributed by atoms with E-state index in [-0.39, 0.29) is 22.6 Å². The van der Waals surface area contributed by atoms with Gasteiger partial charge in [0.2, 0.25) is 11.8 Å². The van der Waals surface area contributed by atoms with Crippen LogP contribution in [0.15, 0.2) is 117 Å². The van der Waals surface area contributed by atoms with Gasteiger partial charge in [0.25, 0.3) is 0 Å². The summed E-state index contributed by atoms with van der Waals surface area (Å²) in [6.45, 7) is 25.3. The van der Waals surface area contributed by atoms with Crippen LogP contribution in [-0.2, 0) is 9.59 Å². The zero-order valence-corrected chi connectivity index (χ0v) is 33.4. The highest BCUT2D eigenvalue weighted by Gasteiger charge is 2.27. The molecule has 0 heterocycles. The van der Waals surface area contributed by atoms with Crippen molar-refractivity contribution in [3.05, 3.63) is 117 Å². The van der Waals surface area contributed by atoms with Crippen LogP contribution in [0.25, 0.3) is 0 Å². The average Bonchev–Trinajstić information content (AvgIpc) is 3.01. The summed E-state index contributed by atoms with van der Waals surface area (Å²) in [6.07, 6.45) is 33.6. The molecule has 1 unspecified atom stereocenters. The van der Waals surface area contributed by atoms with E-state index in [0.29, 0.717) is 19.0 Å². The number of hydrogen-bond acceptors (Lipinski definition) is 2. The van der Waals surface area contributed by atoms with Crippen LogP contribution < -0.4 is 10.6 Å². The van der Waals surface area contributed by atoms with Crippen molar-refractivity contribution in [2.45, 2.75) is 128 Å². The van der Waals surface area contributed by atoms with Crippen molar-refractivity contribution < 1.29 is 9.59 Å². The van der Waals surface area contributed by atoms with Crippen LogP contribution in [0, 0.1) is 16.7 Å². The van der Waals surface area contributed by atoms with Gasteiger partial charge in [0, 0.05) is 25.2 Å². The normalized spacial score (nSPS) is 20.1. The fraction of sp³-hybridized carbons (Fsp3) is 0.522. The number of carbonyl (C=O) groups is 2. The first-order valence-corrected chi connectivity index (χ1v) is 18.9. The molecule has 2 aliphatic rings. The molecular formula is C46H68N2O2. The molecule has 0 aromatic rings. The lowest BCUT2D eigenvalue weighted by atomic mass is 9.72. The molecule has 1 atom stereocenters. The Morgan fingerprint density at radius 1 is 0.680 bits per heavy atom. The number of nitrogens with one attached hydrogen (secondary N) is 2. The monoisotopic (exact) mass is 681 g/mol. The van der Waals surface area contributed by atoms with E-state index in [2.05, 4.69) is 109 Å². The Bertz CT molecular complexity index is 1490. The third-order valence-electron chi connectivity index (χ3n) is 10.1. The van der Waals surface area contributed by atoms with Crippen LogP contribution in [0.1, 0.15) is 128 Å². The number of rotatable bonds is 16. The summed E-state index contributed by atoms with van der Waals surface area (Å²) in [5.41, 5.74) is 10.6. The molecule has 0 aliphatic heterocycles. The van der Waals surface area contributed by atoms with E-state index >= 15 is 0 Å². The number of carbonyl (C=O) groups excluding carboxylic acids is 2. The molecule has 0 spiro atoms. The minimum atomic E-state index is -0.0785. The Balaban J connectivity index is 1.69. The highest BCUT2D eigenvalue weighted by Crippen LogP contribution is 2.41. The molecule has 0 saturated heterocycles. The molecule has 0 bridgehead atoms.